The molecular weight excluding hydrogens is 316 g/mol. The van der Waals surface area contributed by atoms with Crippen LogP contribution in [0.1, 0.15) is 18.1 Å². The van der Waals surface area contributed by atoms with E-state index in [0.717, 1.165) is 11.1 Å². The van der Waals surface area contributed by atoms with Crippen LogP contribution in [0.4, 0.5) is 0 Å². The fraction of sp³-hybridized carbons (Fsp3) is 0.562. The summed E-state index contributed by atoms with van der Waals surface area (Å²) in [5.74, 6) is 0.686. The molecule has 0 atom stereocenters. The quantitative estimate of drug-likeness (QED) is 0.807. The number of piperazine rings is 1. The molecule has 0 aromatic heterocycles. The Morgan fingerprint density at radius 2 is 1.83 bits per heavy atom. The Morgan fingerprint density at radius 3 is 2.39 bits per heavy atom. The average Bonchev–Trinajstić information content (AvgIpc) is 2.54. The summed E-state index contributed by atoms with van der Waals surface area (Å²) in [6.45, 7) is 7.08. The lowest BCUT2D eigenvalue weighted by molar-refractivity contribution is -0.134. The standard InChI is InChI=1S/C16H24N2O4S/c1-4-23(20,21)18-9-7-17(8-10-18)16(19)12-22-15-6-5-13(2)11-14(15)3/h5-6,11H,4,7-10,12H2,1-3H3. The van der Waals surface area contributed by atoms with Crippen molar-refractivity contribution in [1.82, 2.24) is 9.21 Å². The van der Waals surface area contributed by atoms with Crippen LogP contribution in [0.15, 0.2) is 18.2 Å². The number of nitrogens with zero attached hydrogens (tertiary/aromatic N) is 2. The Labute approximate surface area is 138 Å². The molecule has 0 spiro atoms. The van der Waals surface area contributed by atoms with Crippen LogP contribution < -0.4 is 4.74 Å². The zero-order valence-electron chi connectivity index (χ0n) is 13.9. The first-order valence-electron chi connectivity index (χ1n) is 7.79. The lowest BCUT2D eigenvalue weighted by Gasteiger charge is -2.33. The minimum Gasteiger partial charge on any atom is -0.484 e. The third-order valence-electron chi connectivity index (χ3n) is 4.03. The molecule has 1 aromatic rings. The number of benzene rings is 1. The number of rotatable bonds is 5. The summed E-state index contributed by atoms with van der Waals surface area (Å²) in [5, 5.41) is 0. The third kappa shape index (κ3) is 4.45. The summed E-state index contributed by atoms with van der Waals surface area (Å²) in [6, 6.07) is 5.82. The molecule has 2 rings (SSSR count). The Kier molecular flexibility index (Phi) is 5.64. The van der Waals surface area contributed by atoms with Crippen molar-refractivity contribution in [2.75, 3.05) is 38.5 Å². The number of aryl methyl sites for hydroxylation is 2. The molecule has 1 heterocycles. The number of amides is 1. The lowest BCUT2D eigenvalue weighted by atomic mass is 10.1. The molecule has 1 saturated heterocycles. The highest BCUT2D eigenvalue weighted by atomic mass is 32.2. The molecule has 0 bridgehead atoms. The summed E-state index contributed by atoms with van der Waals surface area (Å²) in [6.07, 6.45) is 0. The van der Waals surface area contributed by atoms with Gasteiger partial charge in [-0.3, -0.25) is 4.79 Å². The number of hydrogen-bond acceptors (Lipinski definition) is 4. The lowest BCUT2D eigenvalue weighted by Crippen LogP contribution is -2.51. The van der Waals surface area contributed by atoms with Gasteiger partial charge in [0.1, 0.15) is 5.75 Å². The Hall–Kier alpha value is -1.60. The van der Waals surface area contributed by atoms with E-state index in [-0.39, 0.29) is 18.3 Å². The van der Waals surface area contributed by atoms with Crippen molar-refractivity contribution >= 4 is 15.9 Å². The molecule has 1 aliphatic rings. The van der Waals surface area contributed by atoms with Crippen LogP contribution >= 0.6 is 0 Å². The zero-order valence-corrected chi connectivity index (χ0v) is 14.7. The van der Waals surface area contributed by atoms with Gasteiger partial charge in [-0.25, -0.2) is 8.42 Å². The minimum absolute atomic E-state index is 0.0234. The first-order valence-corrected chi connectivity index (χ1v) is 9.40. The summed E-state index contributed by atoms with van der Waals surface area (Å²) in [7, 11) is -3.17. The highest BCUT2D eigenvalue weighted by Crippen LogP contribution is 2.19. The molecule has 23 heavy (non-hydrogen) atoms. The van der Waals surface area contributed by atoms with Crippen molar-refractivity contribution in [2.24, 2.45) is 0 Å². The van der Waals surface area contributed by atoms with Crippen molar-refractivity contribution in [1.29, 1.82) is 0 Å². The summed E-state index contributed by atoms with van der Waals surface area (Å²) < 4.78 is 30.7. The third-order valence-corrected chi connectivity index (χ3v) is 5.91. The van der Waals surface area contributed by atoms with Gasteiger partial charge in [-0.2, -0.15) is 4.31 Å². The maximum atomic E-state index is 12.2. The number of carbonyl (C=O) groups is 1. The second-order valence-electron chi connectivity index (χ2n) is 5.74. The van der Waals surface area contributed by atoms with Crippen molar-refractivity contribution < 1.29 is 17.9 Å². The molecule has 0 unspecified atom stereocenters. The molecule has 0 saturated carbocycles. The SMILES string of the molecule is CCS(=O)(=O)N1CCN(C(=O)COc2ccc(C)cc2C)CC1. The van der Waals surface area contributed by atoms with E-state index < -0.39 is 10.0 Å². The molecule has 1 aliphatic heterocycles. The van der Waals surface area contributed by atoms with Crippen molar-refractivity contribution in [3.63, 3.8) is 0 Å². The van der Waals surface area contributed by atoms with Crippen LogP contribution in [0.2, 0.25) is 0 Å². The number of carbonyl (C=O) groups excluding carboxylic acids is 1. The van der Waals surface area contributed by atoms with Gasteiger partial charge >= 0.3 is 0 Å². The van der Waals surface area contributed by atoms with Crippen LogP contribution in [0.25, 0.3) is 0 Å². The van der Waals surface area contributed by atoms with Crippen LogP contribution in [0.5, 0.6) is 5.75 Å². The molecule has 1 aromatic carbocycles. The monoisotopic (exact) mass is 340 g/mol. The molecule has 0 N–H and O–H groups in total. The van der Waals surface area contributed by atoms with E-state index in [4.69, 9.17) is 4.74 Å². The highest BCUT2D eigenvalue weighted by Gasteiger charge is 2.27. The smallest absolute Gasteiger partial charge is 0.260 e. The Bertz CT molecular complexity index is 665. The molecule has 1 fully saturated rings. The second-order valence-corrected chi connectivity index (χ2v) is 8.00. The summed E-state index contributed by atoms with van der Waals surface area (Å²) in [5.41, 5.74) is 2.14. The van der Waals surface area contributed by atoms with E-state index in [1.165, 1.54) is 4.31 Å². The van der Waals surface area contributed by atoms with Gasteiger partial charge in [0, 0.05) is 26.2 Å². The number of hydrogen-bond donors (Lipinski definition) is 0. The Morgan fingerprint density at radius 1 is 1.17 bits per heavy atom. The van der Waals surface area contributed by atoms with E-state index in [0.29, 0.717) is 31.9 Å². The predicted octanol–water partition coefficient (Wildman–Crippen LogP) is 1.18. The summed E-state index contributed by atoms with van der Waals surface area (Å²) >= 11 is 0. The van der Waals surface area contributed by atoms with Gasteiger partial charge in [0.2, 0.25) is 10.0 Å². The van der Waals surface area contributed by atoms with E-state index >= 15 is 0 Å². The van der Waals surface area contributed by atoms with Gasteiger partial charge in [0.25, 0.3) is 5.91 Å². The second kappa shape index (κ2) is 7.31. The molecular formula is C16H24N2O4S. The topological polar surface area (TPSA) is 66.9 Å². The average molecular weight is 340 g/mol. The predicted molar refractivity (Wildman–Crippen MR) is 89.0 cm³/mol. The van der Waals surface area contributed by atoms with E-state index in [1.54, 1.807) is 11.8 Å². The van der Waals surface area contributed by atoms with Gasteiger partial charge in [-0.05, 0) is 32.4 Å². The first kappa shape index (κ1) is 17.7. The van der Waals surface area contributed by atoms with Gasteiger partial charge in [0.05, 0.1) is 5.75 Å². The normalized spacial score (nSPS) is 16.4. The van der Waals surface area contributed by atoms with Crippen molar-refractivity contribution in [3.05, 3.63) is 29.3 Å². The van der Waals surface area contributed by atoms with Crippen LogP contribution in [-0.2, 0) is 14.8 Å². The highest BCUT2D eigenvalue weighted by molar-refractivity contribution is 7.89. The zero-order chi connectivity index (χ0) is 17.0. The largest absolute Gasteiger partial charge is 0.484 e. The van der Waals surface area contributed by atoms with Gasteiger partial charge < -0.3 is 9.64 Å². The molecule has 0 aliphatic carbocycles. The van der Waals surface area contributed by atoms with E-state index in [9.17, 15) is 13.2 Å². The number of ether oxygens (including phenoxy) is 1. The van der Waals surface area contributed by atoms with E-state index in [2.05, 4.69) is 0 Å². The fourth-order valence-electron chi connectivity index (χ4n) is 2.59. The fourth-order valence-corrected chi connectivity index (χ4v) is 3.68. The molecule has 128 valence electrons. The van der Waals surface area contributed by atoms with Crippen LogP contribution in [0.3, 0.4) is 0 Å². The van der Waals surface area contributed by atoms with Crippen LogP contribution in [0, 0.1) is 13.8 Å². The van der Waals surface area contributed by atoms with Gasteiger partial charge in [-0.1, -0.05) is 17.7 Å². The van der Waals surface area contributed by atoms with Crippen molar-refractivity contribution in [2.45, 2.75) is 20.8 Å². The number of sulfonamides is 1. The van der Waals surface area contributed by atoms with E-state index in [1.807, 2.05) is 32.0 Å². The van der Waals surface area contributed by atoms with Gasteiger partial charge in [0.15, 0.2) is 6.61 Å². The minimum atomic E-state index is -3.17. The molecule has 7 heteroatoms. The maximum absolute atomic E-state index is 12.2. The molecule has 0 radical (unpaired) electrons. The van der Waals surface area contributed by atoms with Crippen LogP contribution in [-0.4, -0.2) is 62.1 Å². The summed E-state index contributed by atoms with van der Waals surface area (Å²) in [4.78, 5) is 13.9. The first-order chi connectivity index (χ1) is 10.8. The van der Waals surface area contributed by atoms with Gasteiger partial charge in [-0.15, -0.1) is 0 Å². The molecule has 6 nitrogen and oxygen atoms in total. The van der Waals surface area contributed by atoms with Crippen molar-refractivity contribution in [3.8, 4) is 5.75 Å². The Balaban J connectivity index is 1.86. The maximum Gasteiger partial charge on any atom is 0.260 e. The molecule has 1 amide bonds.